The third-order valence-corrected chi connectivity index (χ3v) is 3.84. The fraction of sp³-hybridized carbons (Fsp3) is 0.714. The van der Waals surface area contributed by atoms with Crippen molar-refractivity contribution >= 4 is 17.7 Å². The largest absolute Gasteiger partial charge is 0.465 e. The van der Waals surface area contributed by atoms with E-state index >= 15 is 0 Å². The molecule has 0 amide bonds. The molecule has 0 saturated heterocycles. The predicted molar refractivity (Wildman–Crippen MR) is 82.0 cm³/mol. The zero-order chi connectivity index (χ0) is 15.1. The highest BCUT2D eigenvalue weighted by Gasteiger charge is 2.20. The summed E-state index contributed by atoms with van der Waals surface area (Å²) in [5, 5.41) is 8.69. The van der Waals surface area contributed by atoms with E-state index in [1.807, 2.05) is 39.4 Å². The first-order valence-electron chi connectivity index (χ1n) is 7.00. The fourth-order valence-electron chi connectivity index (χ4n) is 1.92. The number of esters is 1. The summed E-state index contributed by atoms with van der Waals surface area (Å²) in [7, 11) is 1.94. The first-order chi connectivity index (χ1) is 9.43. The third kappa shape index (κ3) is 5.54. The monoisotopic (exact) mass is 299 g/mol. The van der Waals surface area contributed by atoms with Crippen molar-refractivity contribution in [2.24, 2.45) is 7.05 Å². The maximum atomic E-state index is 11.9. The third-order valence-electron chi connectivity index (χ3n) is 2.72. The molecule has 114 valence electrons. The van der Waals surface area contributed by atoms with Crippen molar-refractivity contribution in [3.05, 3.63) is 11.8 Å². The van der Waals surface area contributed by atoms with Crippen molar-refractivity contribution in [2.45, 2.75) is 51.2 Å². The van der Waals surface area contributed by atoms with Crippen LogP contribution in [0.4, 0.5) is 0 Å². The maximum Gasteiger partial charge on any atom is 0.323 e. The van der Waals surface area contributed by atoms with Crippen molar-refractivity contribution in [2.75, 3.05) is 12.4 Å². The lowest BCUT2D eigenvalue weighted by Gasteiger charge is -2.19. The van der Waals surface area contributed by atoms with Gasteiger partial charge in [-0.25, -0.2) is 0 Å². The van der Waals surface area contributed by atoms with Crippen LogP contribution in [0, 0.1) is 6.92 Å². The highest BCUT2D eigenvalue weighted by Crippen LogP contribution is 2.19. The molecule has 0 bridgehead atoms. The molecule has 1 unspecified atom stereocenters. The lowest BCUT2D eigenvalue weighted by atomic mass is 10.2. The van der Waals surface area contributed by atoms with Crippen LogP contribution in [0.5, 0.6) is 0 Å². The molecular formula is C14H25N3O2S. The number of aromatic nitrogens is 2. The first kappa shape index (κ1) is 17.0. The van der Waals surface area contributed by atoms with E-state index in [1.54, 1.807) is 11.8 Å². The number of rotatable bonds is 8. The Hall–Kier alpha value is -1.01. The molecule has 1 heterocycles. The Bertz CT molecular complexity index is 432. The quantitative estimate of drug-likeness (QED) is 0.589. The maximum absolute atomic E-state index is 11.9. The van der Waals surface area contributed by atoms with E-state index < -0.39 is 0 Å². The van der Waals surface area contributed by atoms with E-state index in [2.05, 4.69) is 16.5 Å². The molecular weight excluding hydrogens is 274 g/mol. The highest BCUT2D eigenvalue weighted by atomic mass is 32.2. The SMILES string of the molecule is CCOC(=O)C(CCSc1cc(C)nn1C)NC(C)C. The summed E-state index contributed by atoms with van der Waals surface area (Å²) in [6.07, 6.45) is 0.742. The molecule has 1 N–H and O–H groups in total. The standard InChI is InChI=1S/C14H25N3O2S/c1-6-19-14(18)12(15-10(2)3)7-8-20-13-9-11(4)16-17(13)5/h9-10,12,15H,6-8H2,1-5H3. The zero-order valence-electron chi connectivity index (χ0n) is 13.0. The number of hydrogen-bond donors (Lipinski definition) is 1. The van der Waals surface area contributed by atoms with Gasteiger partial charge in [0.2, 0.25) is 0 Å². The molecule has 1 aromatic rings. The van der Waals surface area contributed by atoms with Gasteiger partial charge < -0.3 is 10.1 Å². The van der Waals surface area contributed by atoms with Crippen molar-refractivity contribution in [1.29, 1.82) is 0 Å². The van der Waals surface area contributed by atoms with Gasteiger partial charge in [-0.3, -0.25) is 9.48 Å². The second-order valence-corrected chi connectivity index (χ2v) is 6.13. The van der Waals surface area contributed by atoms with Gasteiger partial charge in [0.1, 0.15) is 6.04 Å². The molecule has 0 aliphatic heterocycles. The van der Waals surface area contributed by atoms with Crippen LogP contribution < -0.4 is 5.32 Å². The Balaban J connectivity index is 2.49. The summed E-state index contributed by atoms with van der Waals surface area (Å²) < 4.78 is 6.98. The van der Waals surface area contributed by atoms with Crippen LogP contribution in [0.15, 0.2) is 11.1 Å². The molecule has 0 aromatic carbocycles. The molecule has 1 atom stereocenters. The van der Waals surface area contributed by atoms with Crippen LogP contribution in [-0.4, -0.2) is 40.2 Å². The van der Waals surface area contributed by atoms with Crippen LogP contribution in [0.25, 0.3) is 0 Å². The molecule has 0 aliphatic carbocycles. The Kier molecular flexibility index (Phi) is 7.09. The van der Waals surface area contributed by atoms with Gasteiger partial charge in [0, 0.05) is 18.8 Å². The van der Waals surface area contributed by atoms with Crippen molar-refractivity contribution < 1.29 is 9.53 Å². The minimum Gasteiger partial charge on any atom is -0.465 e. The lowest BCUT2D eigenvalue weighted by molar-refractivity contribution is -0.145. The molecule has 5 nitrogen and oxygen atoms in total. The number of nitrogens with zero attached hydrogens (tertiary/aromatic N) is 2. The topological polar surface area (TPSA) is 56.1 Å². The summed E-state index contributed by atoms with van der Waals surface area (Å²) in [6.45, 7) is 8.29. The smallest absolute Gasteiger partial charge is 0.323 e. The molecule has 0 radical (unpaired) electrons. The molecule has 20 heavy (non-hydrogen) atoms. The molecule has 0 spiro atoms. The highest BCUT2D eigenvalue weighted by molar-refractivity contribution is 7.99. The number of nitrogens with one attached hydrogen (secondary N) is 1. The van der Waals surface area contributed by atoms with Gasteiger partial charge in [0.25, 0.3) is 0 Å². The van der Waals surface area contributed by atoms with Gasteiger partial charge in [0.15, 0.2) is 0 Å². The van der Waals surface area contributed by atoms with Crippen LogP contribution in [0.1, 0.15) is 32.9 Å². The van der Waals surface area contributed by atoms with Gasteiger partial charge in [-0.1, -0.05) is 13.8 Å². The van der Waals surface area contributed by atoms with E-state index in [0.29, 0.717) is 6.61 Å². The summed E-state index contributed by atoms with van der Waals surface area (Å²) in [4.78, 5) is 11.9. The van der Waals surface area contributed by atoms with Crippen molar-refractivity contribution in [3.63, 3.8) is 0 Å². The van der Waals surface area contributed by atoms with E-state index in [1.165, 1.54) is 0 Å². The van der Waals surface area contributed by atoms with Gasteiger partial charge in [-0.2, -0.15) is 5.10 Å². The average molecular weight is 299 g/mol. The molecule has 0 fully saturated rings. The summed E-state index contributed by atoms with van der Waals surface area (Å²) >= 11 is 1.71. The van der Waals surface area contributed by atoms with Crippen molar-refractivity contribution in [3.8, 4) is 0 Å². The average Bonchev–Trinajstić information content (AvgIpc) is 2.66. The van der Waals surface area contributed by atoms with Crippen LogP contribution in [0.2, 0.25) is 0 Å². The van der Waals surface area contributed by atoms with Gasteiger partial charge in [0.05, 0.1) is 17.3 Å². The zero-order valence-corrected chi connectivity index (χ0v) is 13.8. The Labute approximate surface area is 125 Å². The number of aryl methyl sites for hydroxylation is 2. The summed E-state index contributed by atoms with van der Waals surface area (Å²) in [6, 6.07) is 2.07. The van der Waals surface area contributed by atoms with E-state index in [9.17, 15) is 4.79 Å². The Morgan fingerprint density at radius 2 is 2.25 bits per heavy atom. The van der Waals surface area contributed by atoms with Crippen LogP contribution >= 0.6 is 11.8 Å². The number of hydrogen-bond acceptors (Lipinski definition) is 5. The van der Waals surface area contributed by atoms with Gasteiger partial charge in [-0.05, 0) is 26.3 Å². The van der Waals surface area contributed by atoms with E-state index in [-0.39, 0.29) is 18.1 Å². The minimum absolute atomic E-state index is 0.164. The van der Waals surface area contributed by atoms with Crippen LogP contribution in [0.3, 0.4) is 0 Å². The number of carbonyl (C=O) groups excluding carboxylic acids is 1. The van der Waals surface area contributed by atoms with Gasteiger partial charge >= 0.3 is 5.97 Å². The summed E-state index contributed by atoms with van der Waals surface area (Å²) in [5.74, 6) is 0.685. The van der Waals surface area contributed by atoms with Gasteiger partial charge in [-0.15, -0.1) is 11.8 Å². The normalized spacial score (nSPS) is 12.7. The Morgan fingerprint density at radius 3 is 2.75 bits per heavy atom. The Morgan fingerprint density at radius 1 is 1.55 bits per heavy atom. The fourth-order valence-corrected chi connectivity index (χ4v) is 2.96. The lowest BCUT2D eigenvalue weighted by Crippen LogP contribution is -2.42. The van der Waals surface area contributed by atoms with Crippen molar-refractivity contribution in [1.82, 2.24) is 15.1 Å². The minimum atomic E-state index is -0.239. The number of carbonyl (C=O) groups is 1. The molecule has 0 saturated carbocycles. The molecule has 0 aliphatic rings. The summed E-state index contributed by atoms with van der Waals surface area (Å²) in [5.41, 5.74) is 1.01. The van der Waals surface area contributed by atoms with E-state index in [4.69, 9.17) is 4.74 Å². The van der Waals surface area contributed by atoms with E-state index in [0.717, 1.165) is 22.9 Å². The second kappa shape index (κ2) is 8.32. The molecule has 6 heteroatoms. The molecule has 1 aromatic heterocycles. The number of thioether (sulfide) groups is 1. The number of ether oxygens (including phenoxy) is 1. The first-order valence-corrected chi connectivity index (χ1v) is 7.98. The predicted octanol–water partition coefficient (Wildman–Crippen LogP) is 2.14. The van der Waals surface area contributed by atoms with Crippen LogP contribution in [-0.2, 0) is 16.6 Å². The molecule has 1 rings (SSSR count). The second-order valence-electron chi connectivity index (χ2n) is 5.01.